The quantitative estimate of drug-likeness (QED) is 0.852. The second-order valence-corrected chi connectivity index (χ2v) is 4.64. The molecule has 2 aromatic rings. The third-order valence-electron chi connectivity index (χ3n) is 3.28. The predicted molar refractivity (Wildman–Crippen MR) is 91.4 cm³/mol. The number of carbonyl (C=O) groups excluding carboxylic acids is 2. The molecule has 5 nitrogen and oxygen atoms in total. The molecule has 1 atom stereocenters. The van der Waals surface area contributed by atoms with Gasteiger partial charge in [0.05, 0.1) is 13.7 Å². The van der Waals surface area contributed by atoms with Crippen LogP contribution in [0.25, 0.3) is 0 Å². The van der Waals surface area contributed by atoms with Crippen LogP contribution in [0.2, 0.25) is 0 Å². The lowest BCUT2D eigenvalue weighted by molar-refractivity contribution is -0.143. The Labute approximate surface area is 141 Å². The number of hydrogen-bond donors (Lipinski definition) is 1. The van der Waals surface area contributed by atoms with Gasteiger partial charge in [-0.1, -0.05) is 48.5 Å². The molecule has 2 N–H and O–H groups in total. The van der Waals surface area contributed by atoms with E-state index in [1.165, 1.54) is 12.0 Å². The Morgan fingerprint density at radius 2 is 1.57 bits per heavy atom. The van der Waals surface area contributed by atoms with Crippen LogP contribution in [0.3, 0.4) is 0 Å². The topological polar surface area (TPSA) is 72.6 Å². The summed E-state index contributed by atoms with van der Waals surface area (Å²) in [7, 11) is 1.30. The van der Waals surface area contributed by atoms with Gasteiger partial charge < -0.3 is 10.5 Å². The molecule has 0 saturated heterocycles. The standard InChI is InChI=1S/C17H18N2O3.ClH/c1-22-17(21)16(13-8-4-2-5-9-13)19(15(20)12-18)14-10-6-3-7-11-14;/h2-11,16H,12,18H2,1H3;1H/t16-;/m0./s1. The van der Waals surface area contributed by atoms with Gasteiger partial charge in [0.2, 0.25) is 5.91 Å². The zero-order valence-corrected chi connectivity index (χ0v) is 13.5. The number of esters is 1. The normalized spacial score (nSPS) is 11.0. The lowest BCUT2D eigenvalue weighted by Crippen LogP contribution is -2.42. The molecule has 0 aliphatic carbocycles. The molecule has 2 aromatic carbocycles. The Morgan fingerprint density at radius 3 is 2.04 bits per heavy atom. The number of amides is 1. The van der Waals surface area contributed by atoms with Crippen LogP contribution >= 0.6 is 12.4 Å². The van der Waals surface area contributed by atoms with Crippen LogP contribution in [0, 0.1) is 0 Å². The smallest absolute Gasteiger partial charge is 0.333 e. The van der Waals surface area contributed by atoms with Crippen LogP contribution in [0.15, 0.2) is 60.7 Å². The Balaban J connectivity index is 0.00000264. The minimum absolute atomic E-state index is 0. The van der Waals surface area contributed by atoms with Crippen molar-refractivity contribution in [1.29, 1.82) is 0 Å². The summed E-state index contributed by atoms with van der Waals surface area (Å²) >= 11 is 0. The zero-order chi connectivity index (χ0) is 15.9. The fraction of sp³-hybridized carbons (Fsp3) is 0.176. The number of carbonyl (C=O) groups is 2. The monoisotopic (exact) mass is 334 g/mol. The molecule has 0 aliphatic heterocycles. The summed E-state index contributed by atoms with van der Waals surface area (Å²) in [6.45, 7) is -0.199. The Bertz CT molecular complexity index is 577. The Hall–Kier alpha value is -2.37. The van der Waals surface area contributed by atoms with Crippen LogP contribution in [0.4, 0.5) is 5.69 Å². The molecule has 0 aromatic heterocycles. The summed E-state index contributed by atoms with van der Waals surface area (Å²) in [4.78, 5) is 26.0. The molecular weight excluding hydrogens is 316 g/mol. The summed E-state index contributed by atoms with van der Waals surface area (Å²) in [5.74, 6) is -0.873. The second-order valence-electron chi connectivity index (χ2n) is 4.64. The lowest BCUT2D eigenvalue weighted by atomic mass is 10.0. The average Bonchev–Trinajstić information content (AvgIpc) is 2.59. The number of benzene rings is 2. The highest BCUT2D eigenvalue weighted by molar-refractivity contribution is 6.00. The van der Waals surface area contributed by atoms with E-state index in [-0.39, 0.29) is 24.9 Å². The summed E-state index contributed by atoms with van der Waals surface area (Å²) < 4.78 is 4.89. The van der Waals surface area contributed by atoms with E-state index in [1.807, 2.05) is 12.1 Å². The van der Waals surface area contributed by atoms with Gasteiger partial charge in [-0.05, 0) is 17.7 Å². The van der Waals surface area contributed by atoms with Gasteiger partial charge >= 0.3 is 5.97 Å². The Kier molecular flexibility index (Phi) is 7.25. The molecule has 122 valence electrons. The van der Waals surface area contributed by atoms with Crippen LogP contribution in [0.5, 0.6) is 0 Å². The van der Waals surface area contributed by atoms with Crippen molar-refractivity contribution in [2.45, 2.75) is 6.04 Å². The molecular formula is C17H19ClN2O3. The molecule has 23 heavy (non-hydrogen) atoms. The first-order valence-corrected chi connectivity index (χ1v) is 6.89. The van der Waals surface area contributed by atoms with Crippen LogP contribution in [-0.2, 0) is 14.3 Å². The van der Waals surface area contributed by atoms with Gasteiger partial charge in [0.15, 0.2) is 6.04 Å². The minimum atomic E-state index is -0.871. The van der Waals surface area contributed by atoms with Gasteiger partial charge in [-0.15, -0.1) is 12.4 Å². The van der Waals surface area contributed by atoms with Crippen molar-refractivity contribution >= 4 is 30.0 Å². The van der Waals surface area contributed by atoms with Gasteiger partial charge in [0.1, 0.15) is 0 Å². The van der Waals surface area contributed by atoms with Gasteiger partial charge in [0, 0.05) is 5.69 Å². The first-order valence-electron chi connectivity index (χ1n) is 6.89. The van der Waals surface area contributed by atoms with E-state index in [4.69, 9.17) is 10.5 Å². The predicted octanol–water partition coefficient (Wildman–Crippen LogP) is 2.31. The lowest BCUT2D eigenvalue weighted by Gasteiger charge is -2.30. The molecule has 0 unspecified atom stereocenters. The number of nitrogens with two attached hydrogens (primary N) is 1. The van der Waals surface area contributed by atoms with Crippen molar-refractivity contribution in [3.8, 4) is 0 Å². The van der Waals surface area contributed by atoms with Crippen molar-refractivity contribution in [2.24, 2.45) is 5.73 Å². The average molecular weight is 335 g/mol. The number of halogens is 1. The van der Waals surface area contributed by atoms with Crippen molar-refractivity contribution in [3.63, 3.8) is 0 Å². The molecule has 0 saturated carbocycles. The molecule has 6 heteroatoms. The first-order chi connectivity index (χ1) is 10.7. The first kappa shape index (κ1) is 18.7. The maximum atomic E-state index is 12.3. The van der Waals surface area contributed by atoms with E-state index in [2.05, 4.69) is 0 Å². The molecule has 0 radical (unpaired) electrons. The van der Waals surface area contributed by atoms with E-state index in [1.54, 1.807) is 48.5 Å². The maximum absolute atomic E-state index is 12.3. The molecule has 2 rings (SSSR count). The van der Waals surface area contributed by atoms with E-state index < -0.39 is 12.0 Å². The van der Waals surface area contributed by atoms with E-state index in [9.17, 15) is 9.59 Å². The molecule has 0 fully saturated rings. The van der Waals surface area contributed by atoms with Gasteiger partial charge in [0.25, 0.3) is 0 Å². The van der Waals surface area contributed by atoms with E-state index >= 15 is 0 Å². The van der Waals surface area contributed by atoms with Crippen LogP contribution in [-0.4, -0.2) is 25.5 Å². The number of methoxy groups -OCH3 is 1. The van der Waals surface area contributed by atoms with Crippen LogP contribution < -0.4 is 10.6 Å². The van der Waals surface area contributed by atoms with Crippen LogP contribution in [0.1, 0.15) is 11.6 Å². The number of hydrogen-bond acceptors (Lipinski definition) is 4. The third kappa shape index (κ3) is 4.31. The highest BCUT2D eigenvalue weighted by Crippen LogP contribution is 2.28. The number of nitrogens with zero attached hydrogens (tertiary/aromatic N) is 1. The number of rotatable bonds is 5. The summed E-state index contributed by atoms with van der Waals surface area (Å²) in [6, 6.07) is 17.1. The zero-order valence-electron chi connectivity index (χ0n) is 12.7. The molecule has 0 heterocycles. The van der Waals surface area contributed by atoms with E-state index in [0.717, 1.165) is 0 Å². The summed E-state index contributed by atoms with van der Waals surface area (Å²) in [6.07, 6.45) is 0. The molecule has 0 bridgehead atoms. The summed E-state index contributed by atoms with van der Waals surface area (Å²) in [5, 5.41) is 0. The highest BCUT2D eigenvalue weighted by atomic mass is 35.5. The van der Waals surface area contributed by atoms with Crippen molar-refractivity contribution in [3.05, 3.63) is 66.2 Å². The molecule has 0 spiro atoms. The fourth-order valence-corrected chi connectivity index (χ4v) is 2.26. The molecule has 1 amide bonds. The van der Waals surface area contributed by atoms with Crippen molar-refractivity contribution < 1.29 is 14.3 Å². The third-order valence-corrected chi connectivity index (χ3v) is 3.28. The van der Waals surface area contributed by atoms with Crippen molar-refractivity contribution in [1.82, 2.24) is 0 Å². The van der Waals surface area contributed by atoms with Gasteiger partial charge in [-0.25, -0.2) is 4.79 Å². The largest absolute Gasteiger partial charge is 0.467 e. The number of ether oxygens (including phenoxy) is 1. The van der Waals surface area contributed by atoms with E-state index in [0.29, 0.717) is 11.3 Å². The number of para-hydroxylation sites is 1. The van der Waals surface area contributed by atoms with Gasteiger partial charge in [-0.2, -0.15) is 0 Å². The summed E-state index contributed by atoms with van der Waals surface area (Å²) in [5.41, 5.74) is 6.79. The minimum Gasteiger partial charge on any atom is -0.467 e. The maximum Gasteiger partial charge on any atom is 0.333 e. The fourth-order valence-electron chi connectivity index (χ4n) is 2.26. The SMILES string of the molecule is COC(=O)[C@H](c1ccccc1)N(C(=O)CN)c1ccccc1.Cl. The second kappa shape index (κ2) is 8.92. The highest BCUT2D eigenvalue weighted by Gasteiger charge is 2.32. The molecule has 0 aliphatic rings. The number of anilines is 1. The Morgan fingerprint density at radius 1 is 1.04 bits per heavy atom. The van der Waals surface area contributed by atoms with Crippen molar-refractivity contribution in [2.75, 3.05) is 18.6 Å². The van der Waals surface area contributed by atoms with Gasteiger partial charge in [-0.3, -0.25) is 9.69 Å².